The van der Waals surface area contributed by atoms with E-state index in [1.807, 2.05) is 41.8 Å². The van der Waals surface area contributed by atoms with Crippen molar-refractivity contribution in [3.05, 3.63) is 52.2 Å². The van der Waals surface area contributed by atoms with Gasteiger partial charge in [-0.15, -0.1) is 0 Å². The van der Waals surface area contributed by atoms with Gasteiger partial charge in [0.2, 0.25) is 5.91 Å². The van der Waals surface area contributed by atoms with E-state index in [1.54, 1.807) is 6.07 Å². The number of aromatic amines is 1. The predicted octanol–water partition coefficient (Wildman–Crippen LogP) is 3.05. The fourth-order valence-electron chi connectivity index (χ4n) is 3.58. The number of nitrogens with zero attached hydrogens (tertiary/aromatic N) is 3. The molecule has 1 amide bonds. The van der Waals surface area contributed by atoms with Crippen LogP contribution in [-0.4, -0.2) is 45.3 Å². The van der Waals surface area contributed by atoms with Crippen LogP contribution in [0.25, 0.3) is 10.9 Å². The first-order valence-corrected chi connectivity index (χ1v) is 9.82. The summed E-state index contributed by atoms with van der Waals surface area (Å²) >= 11 is 0. The molecular weight excluding hydrogens is 340 g/mol. The molecule has 3 rings (SSSR count). The van der Waals surface area contributed by atoms with Gasteiger partial charge in [0.15, 0.2) is 0 Å². The van der Waals surface area contributed by atoms with Crippen LogP contribution < -0.4 is 5.56 Å². The van der Waals surface area contributed by atoms with E-state index >= 15 is 0 Å². The van der Waals surface area contributed by atoms with Crippen LogP contribution in [0, 0.1) is 0 Å². The highest BCUT2D eigenvalue weighted by atomic mass is 16.2. The highest BCUT2D eigenvalue weighted by molar-refractivity contribution is 5.80. The molecule has 144 valence electrons. The Morgan fingerprint density at radius 2 is 2.00 bits per heavy atom. The van der Waals surface area contributed by atoms with E-state index in [9.17, 15) is 9.59 Å². The van der Waals surface area contributed by atoms with Crippen LogP contribution in [0.4, 0.5) is 0 Å². The van der Waals surface area contributed by atoms with Gasteiger partial charge in [0.1, 0.15) is 5.82 Å². The Hall–Kier alpha value is -2.47. The van der Waals surface area contributed by atoms with E-state index in [4.69, 9.17) is 0 Å². The van der Waals surface area contributed by atoms with Gasteiger partial charge in [-0.2, -0.15) is 0 Å². The zero-order chi connectivity index (χ0) is 19.2. The third-order valence-corrected chi connectivity index (χ3v) is 5.07. The predicted molar refractivity (Wildman–Crippen MR) is 107 cm³/mol. The summed E-state index contributed by atoms with van der Waals surface area (Å²) in [6.07, 6.45) is 6.58. The molecule has 1 aliphatic rings. The number of amides is 1. The third-order valence-electron chi connectivity index (χ3n) is 5.07. The molecule has 1 heterocycles. The minimum absolute atomic E-state index is 0.107. The van der Waals surface area contributed by atoms with Gasteiger partial charge in [-0.3, -0.25) is 14.5 Å². The van der Waals surface area contributed by atoms with Crippen molar-refractivity contribution in [3.8, 4) is 0 Å². The van der Waals surface area contributed by atoms with Crippen LogP contribution in [0.1, 0.15) is 45.4 Å². The standard InChI is InChI=1S/C21H28N4O2/c1-3-24(15-20(26)25(4-2)16-10-6-5-7-11-16)14-19-22-18-13-9-8-12-17(18)21(27)23-19/h8-10,12-13H,3-7,11,14-15H2,1-2H3,(H,22,23,27). The average Bonchev–Trinajstić information content (AvgIpc) is 2.69. The Morgan fingerprint density at radius 1 is 1.19 bits per heavy atom. The number of carbonyl (C=O) groups is 1. The van der Waals surface area contributed by atoms with Crippen LogP contribution in [0.5, 0.6) is 0 Å². The lowest BCUT2D eigenvalue weighted by molar-refractivity contribution is -0.130. The molecule has 27 heavy (non-hydrogen) atoms. The van der Waals surface area contributed by atoms with Crippen molar-refractivity contribution in [3.63, 3.8) is 0 Å². The van der Waals surface area contributed by atoms with Crippen molar-refractivity contribution in [2.45, 2.75) is 46.1 Å². The van der Waals surface area contributed by atoms with Crippen LogP contribution >= 0.6 is 0 Å². The number of para-hydroxylation sites is 1. The molecule has 0 unspecified atom stereocenters. The zero-order valence-electron chi connectivity index (χ0n) is 16.2. The number of H-pyrrole nitrogens is 1. The first-order chi connectivity index (χ1) is 13.1. The molecule has 1 aliphatic carbocycles. The van der Waals surface area contributed by atoms with Gasteiger partial charge in [-0.25, -0.2) is 4.98 Å². The Labute approximate surface area is 159 Å². The van der Waals surface area contributed by atoms with Gasteiger partial charge in [0.25, 0.3) is 5.56 Å². The molecular formula is C21H28N4O2. The molecule has 1 N–H and O–H groups in total. The normalized spacial score (nSPS) is 14.4. The Bertz CT molecular complexity index is 887. The maximum atomic E-state index is 12.9. The number of aromatic nitrogens is 2. The maximum absolute atomic E-state index is 12.9. The largest absolute Gasteiger partial charge is 0.316 e. The van der Waals surface area contributed by atoms with E-state index < -0.39 is 0 Å². The summed E-state index contributed by atoms with van der Waals surface area (Å²) < 4.78 is 0. The summed E-state index contributed by atoms with van der Waals surface area (Å²) in [6.45, 7) is 6.19. The van der Waals surface area contributed by atoms with E-state index in [1.165, 1.54) is 6.42 Å². The molecule has 0 atom stereocenters. The lowest BCUT2D eigenvalue weighted by Gasteiger charge is -2.29. The van der Waals surface area contributed by atoms with Crippen LogP contribution in [0.3, 0.4) is 0 Å². The molecule has 0 bridgehead atoms. The van der Waals surface area contributed by atoms with Crippen LogP contribution in [0.15, 0.2) is 40.8 Å². The molecule has 0 fully saturated rings. The number of fused-ring (bicyclic) bond motifs is 1. The second-order valence-electron chi connectivity index (χ2n) is 6.91. The fraction of sp³-hybridized carbons (Fsp3) is 0.476. The summed E-state index contributed by atoms with van der Waals surface area (Å²) in [5, 5.41) is 0.585. The fourth-order valence-corrected chi connectivity index (χ4v) is 3.58. The van der Waals surface area contributed by atoms with Gasteiger partial charge < -0.3 is 9.88 Å². The minimum atomic E-state index is -0.138. The first-order valence-electron chi connectivity index (χ1n) is 9.82. The van der Waals surface area contributed by atoms with E-state index in [0.29, 0.717) is 42.9 Å². The van der Waals surface area contributed by atoms with Crippen molar-refractivity contribution in [2.24, 2.45) is 0 Å². The summed E-state index contributed by atoms with van der Waals surface area (Å²) in [5.41, 5.74) is 1.70. The van der Waals surface area contributed by atoms with Crippen molar-refractivity contribution in [2.75, 3.05) is 19.6 Å². The lowest BCUT2D eigenvalue weighted by atomic mass is 10.0. The smallest absolute Gasteiger partial charge is 0.258 e. The Morgan fingerprint density at radius 3 is 2.70 bits per heavy atom. The van der Waals surface area contributed by atoms with Crippen LogP contribution in [-0.2, 0) is 11.3 Å². The van der Waals surface area contributed by atoms with E-state index in [-0.39, 0.29) is 11.5 Å². The molecule has 1 aromatic heterocycles. The number of rotatable bonds is 7. The highest BCUT2D eigenvalue weighted by Gasteiger charge is 2.20. The van der Waals surface area contributed by atoms with Gasteiger partial charge in [0.05, 0.1) is 24.0 Å². The molecule has 0 saturated carbocycles. The number of allylic oxidation sites excluding steroid dienone is 2. The van der Waals surface area contributed by atoms with Gasteiger partial charge in [0, 0.05) is 12.2 Å². The molecule has 6 heteroatoms. The number of hydrogen-bond acceptors (Lipinski definition) is 4. The maximum Gasteiger partial charge on any atom is 0.258 e. The molecule has 0 spiro atoms. The lowest BCUT2D eigenvalue weighted by Crippen LogP contribution is -2.40. The van der Waals surface area contributed by atoms with Crippen LogP contribution in [0.2, 0.25) is 0 Å². The van der Waals surface area contributed by atoms with Gasteiger partial charge in [-0.1, -0.05) is 25.1 Å². The SMILES string of the molecule is CCN(CC(=O)N(CC)C1=CCCCC1)Cc1nc2ccccc2c(=O)[nH]1. The summed E-state index contributed by atoms with van der Waals surface area (Å²) in [5.74, 6) is 0.698. The Balaban J connectivity index is 1.72. The molecule has 6 nitrogen and oxygen atoms in total. The van der Waals surface area contributed by atoms with Gasteiger partial charge in [-0.05, 0) is 51.3 Å². The summed E-state index contributed by atoms with van der Waals surface area (Å²) in [4.78, 5) is 36.4. The second kappa shape index (κ2) is 8.95. The number of likely N-dealkylation sites (N-methyl/N-ethyl adjacent to an activating group) is 2. The monoisotopic (exact) mass is 368 g/mol. The topological polar surface area (TPSA) is 69.3 Å². The number of benzene rings is 1. The van der Waals surface area contributed by atoms with Crippen molar-refractivity contribution >= 4 is 16.8 Å². The zero-order valence-corrected chi connectivity index (χ0v) is 16.2. The molecule has 0 radical (unpaired) electrons. The molecule has 2 aromatic rings. The first kappa shape index (κ1) is 19.3. The van der Waals surface area contributed by atoms with Crippen molar-refractivity contribution in [1.82, 2.24) is 19.8 Å². The van der Waals surface area contributed by atoms with E-state index in [0.717, 1.165) is 25.0 Å². The van der Waals surface area contributed by atoms with Crippen molar-refractivity contribution in [1.29, 1.82) is 0 Å². The third kappa shape index (κ3) is 4.63. The number of nitrogens with one attached hydrogen (secondary N) is 1. The summed E-state index contributed by atoms with van der Waals surface area (Å²) in [6, 6.07) is 7.30. The van der Waals surface area contributed by atoms with Gasteiger partial charge >= 0.3 is 0 Å². The minimum Gasteiger partial charge on any atom is -0.316 e. The van der Waals surface area contributed by atoms with E-state index in [2.05, 4.69) is 16.0 Å². The Kier molecular flexibility index (Phi) is 6.40. The number of carbonyl (C=O) groups excluding carboxylic acids is 1. The molecule has 1 aromatic carbocycles. The number of hydrogen-bond donors (Lipinski definition) is 1. The average molecular weight is 368 g/mol. The molecule has 0 aliphatic heterocycles. The molecule has 0 saturated heterocycles. The summed E-state index contributed by atoms with van der Waals surface area (Å²) in [7, 11) is 0. The second-order valence-corrected chi connectivity index (χ2v) is 6.91. The highest BCUT2D eigenvalue weighted by Crippen LogP contribution is 2.21. The quantitative estimate of drug-likeness (QED) is 0.815. The van der Waals surface area contributed by atoms with Crippen molar-refractivity contribution < 1.29 is 4.79 Å².